The molecule has 17 heavy (non-hydrogen) atoms. The fourth-order valence-electron chi connectivity index (χ4n) is 1.54. The number of nitrogen functional groups attached to an aromatic ring is 1. The van der Waals surface area contributed by atoms with Crippen molar-refractivity contribution in [1.29, 1.82) is 0 Å². The largest absolute Gasteiger partial charge is 0.493 e. The quantitative estimate of drug-likeness (QED) is 0.651. The SMILES string of the molecule is CCn1c(O)c(N)c(C)c(CS(=O)(=O)O)c1=O. The van der Waals surface area contributed by atoms with Gasteiger partial charge in [0.2, 0.25) is 5.88 Å². The second kappa shape index (κ2) is 4.38. The molecule has 0 unspecified atom stereocenters. The zero-order chi connectivity index (χ0) is 13.4. The maximum absolute atomic E-state index is 11.8. The van der Waals surface area contributed by atoms with E-state index in [0.717, 1.165) is 4.57 Å². The Bertz CT molecular complexity index is 603. The van der Waals surface area contributed by atoms with Crippen molar-refractivity contribution in [2.45, 2.75) is 26.1 Å². The van der Waals surface area contributed by atoms with Crippen molar-refractivity contribution >= 4 is 15.8 Å². The number of anilines is 1. The van der Waals surface area contributed by atoms with Gasteiger partial charge in [-0.05, 0) is 19.4 Å². The van der Waals surface area contributed by atoms with Gasteiger partial charge in [-0.2, -0.15) is 8.42 Å². The van der Waals surface area contributed by atoms with E-state index in [9.17, 15) is 18.3 Å². The molecule has 0 radical (unpaired) electrons. The summed E-state index contributed by atoms with van der Waals surface area (Å²) in [6.45, 7) is 3.16. The van der Waals surface area contributed by atoms with Crippen molar-refractivity contribution in [3.63, 3.8) is 0 Å². The van der Waals surface area contributed by atoms with Crippen LogP contribution in [0.15, 0.2) is 4.79 Å². The predicted molar refractivity (Wildman–Crippen MR) is 62.4 cm³/mol. The summed E-state index contributed by atoms with van der Waals surface area (Å²) in [7, 11) is -4.33. The highest BCUT2D eigenvalue weighted by Gasteiger charge is 2.20. The second-order valence-corrected chi connectivity index (χ2v) is 5.07. The highest BCUT2D eigenvalue weighted by Crippen LogP contribution is 2.24. The number of pyridine rings is 1. The van der Waals surface area contributed by atoms with Gasteiger partial charge in [0.05, 0.1) is 5.69 Å². The van der Waals surface area contributed by atoms with Gasteiger partial charge >= 0.3 is 0 Å². The van der Waals surface area contributed by atoms with Crippen LogP contribution in [-0.2, 0) is 22.4 Å². The van der Waals surface area contributed by atoms with E-state index < -0.39 is 27.3 Å². The number of rotatable bonds is 3. The van der Waals surface area contributed by atoms with E-state index in [1.807, 2.05) is 0 Å². The molecule has 0 amide bonds. The summed E-state index contributed by atoms with van der Waals surface area (Å²) in [6, 6.07) is 0. The molecule has 96 valence electrons. The molecule has 0 bridgehead atoms. The fraction of sp³-hybridized carbons (Fsp3) is 0.444. The molecule has 1 heterocycles. The van der Waals surface area contributed by atoms with Crippen LogP contribution in [0.5, 0.6) is 5.88 Å². The number of aromatic nitrogens is 1. The molecule has 1 aromatic rings. The fourth-order valence-corrected chi connectivity index (χ4v) is 2.25. The Morgan fingerprint density at radius 2 is 1.94 bits per heavy atom. The highest BCUT2D eigenvalue weighted by molar-refractivity contribution is 7.85. The predicted octanol–water partition coefficient (Wildman–Crippen LogP) is -0.148. The van der Waals surface area contributed by atoms with Gasteiger partial charge in [0.1, 0.15) is 5.75 Å². The van der Waals surface area contributed by atoms with Gasteiger partial charge in [-0.1, -0.05) is 0 Å². The lowest BCUT2D eigenvalue weighted by atomic mass is 10.1. The first-order valence-corrected chi connectivity index (χ1v) is 6.45. The van der Waals surface area contributed by atoms with Crippen molar-refractivity contribution in [3.05, 3.63) is 21.5 Å². The summed E-state index contributed by atoms with van der Waals surface area (Å²) in [5.41, 5.74) is 4.85. The zero-order valence-electron chi connectivity index (χ0n) is 9.47. The summed E-state index contributed by atoms with van der Waals surface area (Å²) in [6.07, 6.45) is 0. The van der Waals surface area contributed by atoms with Gasteiger partial charge in [-0.3, -0.25) is 13.9 Å². The van der Waals surface area contributed by atoms with Crippen LogP contribution in [0.2, 0.25) is 0 Å². The van der Waals surface area contributed by atoms with Gasteiger partial charge in [0, 0.05) is 12.1 Å². The molecule has 0 aliphatic rings. The van der Waals surface area contributed by atoms with Crippen molar-refractivity contribution in [2.75, 3.05) is 5.73 Å². The summed E-state index contributed by atoms with van der Waals surface area (Å²) in [5, 5.41) is 9.61. The van der Waals surface area contributed by atoms with Crippen LogP contribution in [0.3, 0.4) is 0 Å². The van der Waals surface area contributed by atoms with Crippen molar-refractivity contribution in [1.82, 2.24) is 4.57 Å². The molecule has 0 aliphatic carbocycles. The maximum Gasteiger partial charge on any atom is 0.269 e. The molecule has 7 nitrogen and oxygen atoms in total. The molecule has 8 heteroatoms. The smallest absolute Gasteiger partial charge is 0.269 e. The second-order valence-electron chi connectivity index (χ2n) is 3.62. The van der Waals surface area contributed by atoms with Crippen LogP contribution < -0.4 is 11.3 Å². The number of nitrogens with zero attached hydrogens (tertiary/aromatic N) is 1. The van der Waals surface area contributed by atoms with Gasteiger partial charge in [0.15, 0.2) is 0 Å². The Morgan fingerprint density at radius 1 is 1.41 bits per heavy atom. The van der Waals surface area contributed by atoms with E-state index in [-0.39, 0.29) is 23.4 Å². The van der Waals surface area contributed by atoms with Crippen LogP contribution >= 0.6 is 0 Å². The minimum absolute atomic E-state index is 0.0647. The van der Waals surface area contributed by atoms with E-state index in [1.54, 1.807) is 6.92 Å². The van der Waals surface area contributed by atoms with E-state index in [0.29, 0.717) is 0 Å². The molecule has 0 saturated carbocycles. The molecule has 0 spiro atoms. The summed E-state index contributed by atoms with van der Waals surface area (Å²) < 4.78 is 31.3. The van der Waals surface area contributed by atoms with E-state index >= 15 is 0 Å². The average Bonchev–Trinajstić information content (AvgIpc) is 2.21. The zero-order valence-corrected chi connectivity index (χ0v) is 10.3. The maximum atomic E-state index is 11.8. The average molecular weight is 262 g/mol. The third kappa shape index (κ3) is 2.59. The Balaban J connectivity index is 3.62. The van der Waals surface area contributed by atoms with Gasteiger partial charge in [-0.25, -0.2) is 0 Å². The third-order valence-corrected chi connectivity index (χ3v) is 3.15. The van der Waals surface area contributed by atoms with Crippen molar-refractivity contribution in [2.24, 2.45) is 0 Å². The molecule has 4 N–H and O–H groups in total. The molecular formula is C9H14N2O5S. The summed E-state index contributed by atoms with van der Waals surface area (Å²) in [5.74, 6) is -1.21. The topological polar surface area (TPSA) is 123 Å². The number of hydrogen-bond acceptors (Lipinski definition) is 5. The van der Waals surface area contributed by atoms with Gasteiger partial charge in [-0.15, -0.1) is 0 Å². The van der Waals surface area contributed by atoms with E-state index in [1.165, 1.54) is 6.92 Å². The van der Waals surface area contributed by atoms with Crippen molar-refractivity contribution < 1.29 is 18.1 Å². The van der Waals surface area contributed by atoms with Crippen LogP contribution in [0, 0.1) is 6.92 Å². The minimum Gasteiger partial charge on any atom is -0.493 e. The molecule has 1 rings (SSSR count). The molecule has 0 aliphatic heterocycles. The number of nitrogens with two attached hydrogens (primary N) is 1. The minimum atomic E-state index is -4.33. The highest BCUT2D eigenvalue weighted by atomic mass is 32.2. The lowest BCUT2D eigenvalue weighted by Gasteiger charge is -2.13. The molecule has 0 fully saturated rings. The summed E-state index contributed by atoms with van der Waals surface area (Å²) in [4.78, 5) is 11.8. The first-order valence-electron chi connectivity index (χ1n) is 4.85. The molecule has 0 atom stereocenters. The third-order valence-electron chi connectivity index (χ3n) is 2.50. The van der Waals surface area contributed by atoms with E-state index in [2.05, 4.69) is 0 Å². The Kier molecular flexibility index (Phi) is 3.48. The number of aromatic hydroxyl groups is 1. The van der Waals surface area contributed by atoms with Crippen LogP contribution in [0.4, 0.5) is 5.69 Å². The van der Waals surface area contributed by atoms with Gasteiger partial charge in [0.25, 0.3) is 15.7 Å². The van der Waals surface area contributed by atoms with Crippen LogP contribution in [0.25, 0.3) is 0 Å². The lowest BCUT2D eigenvalue weighted by Crippen LogP contribution is -2.27. The molecule has 1 aromatic heterocycles. The number of hydrogen-bond donors (Lipinski definition) is 3. The van der Waals surface area contributed by atoms with Crippen LogP contribution in [0.1, 0.15) is 18.1 Å². The first-order chi connectivity index (χ1) is 7.69. The van der Waals surface area contributed by atoms with Crippen molar-refractivity contribution in [3.8, 4) is 5.88 Å². The Morgan fingerprint density at radius 3 is 2.35 bits per heavy atom. The normalized spacial score (nSPS) is 11.7. The molecule has 0 aromatic carbocycles. The van der Waals surface area contributed by atoms with E-state index in [4.69, 9.17) is 10.3 Å². The van der Waals surface area contributed by atoms with Crippen LogP contribution in [-0.4, -0.2) is 22.6 Å². The van der Waals surface area contributed by atoms with Gasteiger partial charge < -0.3 is 10.8 Å². The lowest BCUT2D eigenvalue weighted by molar-refractivity contribution is 0.412. The standard InChI is InChI=1S/C9H14N2O5S/c1-3-11-8(12)6(4-17(14,15)16)5(2)7(10)9(11)13/h13H,3-4,10H2,1-2H3,(H,14,15,16). The monoisotopic (exact) mass is 262 g/mol. The molecular weight excluding hydrogens is 248 g/mol. The Hall–Kier alpha value is -1.54. The first kappa shape index (κ1) is 13.5. The Labute approximate surface area is 98.2 Å². The molecule has 0 saturated heterocycles. The summed E-state index contributed by atoms with van der Waals surface area (Å²) >= 11 is 0.